The van der Waals surface area contributed by atoms with Gasteiger partial charge in [-0.1, -0.05) is 11.6 Å². The predicted octanol–water partition coefficient (Wildman–Crippen LogP) is 2.89. The molecule has 0 radical (unpaired) electrons. The first-order chi connectivity index (χ1) is 10.0. The second kappa shape index (κ2) is 6.89. The molecule has 114 valence electrons. The van der Waals surface area contributed by atoms with Gasteiger partial charge in [-0.3, -0.25) is 9.59 Å². The first-order valence-electron chi connectivity index (χ1n) is 6.94. The fourth-order valence-electron chi connectivity index (χ4n) is 2.43. The van der Waals surface area contributed by atoms with Crippen LogP contribution in [0.15, 0.2) is 18.2 Å². The van der Waals surface area contributed by atoms with E-state index in [0.717, 1.165) is 6.42 Å². The SMILES string of the molecule is CCOC(=O)C1CCCN(C(=O)c2ccc(F)c(Cl)c2)C1. The maximum atomic E-state index is 13.1. The van der Waals surface area contributed by atoms with E-state index in [9.17, 15) is 14.0 Å². The van der Waals surface area contributed by atoms with Crippen LogP contribution in [0.3, 0.4) is 0 Å². The molecule has 1 atom stereocenters. The van der Waals surface area contributed by atoms with Gasteiger partial charge >= 0.3 is 5.97 Å². The Balaban J connectivity index is 2.08. The number of carbonyl (C=O) groups excluding carboxylic acids is 2. The highest BCUT2D eigenvalue weighted by Crippen LogP contribution is 2.22. The number of rotatable bonds is 3. The summed E-state index contributed by atoms with van der Waals surface area (Å²) in [5.41, 5.74) is 0.325. The summed E-state index contributed by atoms with van der Waals surface area (Å²) in [4.78, 5) is 25.7. The minimum absolute atomic E-state index is 0.0835. The van der Waals surface area contributed by atoms with E-state index in [-0.39, 0.29) is 22.8 Å². The van der Waals surface area contributed by atoms with Crippen molar-refractivity contribution in [1.29, 1.82) is 0 Å². The second-order valence-corrected chi connectivity index (χ2v) is 5.38. The number of amides is 1. The Labute approximate surface area is 127 Å². The average molecular weight is 314 g/mol. The van der Waals surface area contributed by atoms with Crippen molar-refractivity contribution in [1.82, 2.24) is 4.90 Å². The van der Waals surface area contributed by atoms with E-state index in [0.29, 0.717) is 31.7 Å². The Bertz CT molecular complexity index is 550. The number of esters is 1. The van der Waals surface area contributed by atoms with E-state index in [4.69, 9.17) is 16.3 Å². The van der Waals surface area contributed by atoms with Crippen LogP contribution < -0.4 is 0 Å². The summed E-state index contributed by atoms with van der Waals surface area (Å²) in [7, 11) is 0. The molecule has 0 aliphatic carbocycles. The molecule has 1 fully saturated rings. The second-order valence-electron chi connectivity index (χ2n) is 4.97. The minimum Gasteiger partial charge on any atom is -0.466 e. The van der Waals surface area contributed by atoms with Crippen molar-refractivity contribution < 1.29 is 18.7 Å². The van der Waals surface area contributed by atoms with E-state index in [1.54, 1.807) is 11.8 Å². The molecule has 1 aliphatic rings. The molecule has 4 nitrogen and oxygen atoms in total. The van der Waals surface area contributed by atoms with Crippen LogP contribution in [0, 0.1) is 11.7 Å². The van der Waals surface area contributed by atoms with Crippen molar-refractivity contribution in [3.63, 3.8) is 0 Å². The van der Waals surface area contributed by atoms with Crippen molar-refractivity contribution in [2.75, 3.05) is 19.7 Å². The summed E-state index contributed by atoms with van der Waals surface area (Å²) in [6.07, 6.45) is 1.46. The van der Waals surface area contributed by atoms with Crippen LogP contribution in [-0.2, 0) is 9.53 Å². The lowest BCUT2D eigenvalue weighted by Crippen LogP contribution is -2.42. The summed E-state index contributed by atoms with van der Waals surface area (Å²) < 4.78 is 18.1. The van der Waals surface area contributed by atoms with Gasteiger partial charge in [0.1, 0.15) is 5.82 Å². The van der Waals surface area contributed by atoms with Gasteiger partial charge in [0, 0.05) is 18.7 Å². The van der Waals surface area contributed by atoms with Crippen LogP contribution >= 0.6 is 11.6 Å². The minimum atomic E-state index is -0.559. The Morgan fingerprint density at radius 2 is 2.24 bits per heavy atom. The first kappa shape index (κ1) is 15.8. The molecule has 1 unspecified atom stereocenters. The molecular formula is C15H17ClFNO3. The maximum absolute atomic E-state index is 13.1. The van der Waals surface area contributed by atoms with Crippen LogP contribution in [0.4, 0.5) is 4.39 Å². The van der Waals surface area contributed by atoms with Gasteiger partial charge in [-0.05, 0) is 38.0 Å². The quantitative estimate of drug-likeness (QED) is 0.806. The Kier molecular flexibility index (Phi) is 5.17. The van der Waals surface area contributed by atoms with Gasteiger partial charge in [-0.2, -0.15) is 0 Å². The Morgan fingerprint density at radius 3 is 2.90 bits per heavy atom. The van der Waals surface area contributed by atoms with Crippen LogP contribution in [0.1, 0.15) is 30.1 Å². The Morgan fingerprint density at radius 1 is 1.48 bits per heavy atom. The number of hydrogen-bond donors (Lipinski definition) is 0. The third kappa shape index (κ3) is 3.73. The van der Waals surface area contributed by atoms with Crippen molar-refractivity contribution in [2.45, 2.75) is 19.8 Å². The highest BCUT2D eigenvalue weighted by Gasteiger charge is 2.29. The molecule has 1 saturated heterocycles. The van der Waals surface area contributed by atoms with Crippen LogP contribution in [0.25, 0.3) is 0 Å². The number of carbonyl (C=O) groups is 2. The third-order valence-electron chi connectivity index (χ3n) is 3.50. The maximum Gasteiger partial charge on any atom is 0.310 e. The standard InChI is InChI=1S/C15H17ClFNO3/c1-2-21-15(20)11-4-3-7-18(9-11)14(19)10-5-6-13(17)12(16)8-10/h5-6,8,11H,2-4,7,9H2,1H3. The van der Waals surface area contributed by atoms with Gasteiger partial charge in [0.2, 0.25) is 0 Å². The molecule has 6 heteroatoms. The zero-order valence-corrected chi connectivity index (χ0v) is 12.5. The number of ether oxygens (including phenoxy) is 1. The highest BCUT2D eigenvalue weighted by atomic mass is 35.5. The van der Waals surface area contributed by atoms with E-state index < -0.39 is 5.82 Å². The zero-order chi connectivity index (χ0) is 15.4. The summed E-state index contributed by atoms with van der Waals surface area (Å²) in [6, 6.07) is 3.88. The molecule has 1 heterocycles. The van der Waals surface area contributed by atoms with E-state index in [2.05, 4.69) is 0 Å². The fraction of sp³-hybridized carbons (Fsp3) is 0.467. The number of piperidine rings is 1. The third-order valence-corrected chi connectivity index (χ3v) is 3.78. The smallest absolute Gasteiger partial charge is 0.310 e. The van der Waals surface area contributed by atoms with Crippen molar-refractivity contribution >= 4 is 23.5 Å². The monoisotopic (exact) mass is 313 g/mol. The number of likely N-dealkylation sites (tertiary alicyclic amines) is 1. The van der Waals surface area contributed by atoms with Crippen molar-refractivity contribution in [3.05, 3.63) is 34.6 Å². The zero-order valence-electron chi connectivity index (χ0n) is 11.8. The molecule has 0 saturated carbocycles. The molecule has 0 N–H and O–H groups in total. The topological polar surface area (TPSA) is 46.6 Å². The number of hydrogen-bond acceptors (Lipinski definition) is 3. The summed E-state index contributed by atoms with van der Waals surface area (Å²) in [5.74, 6) is -1.37. The summed E-state index contributed by atoms with van der Waals surface area (Å²) >= 11 is 5.70. The van der Waals surface area contributed by atoms with Crippen LogP contribution in [0.2, 0.25) is 5.02 Å². The van der Waals surface area contributed by atoms with E-state index in [1.807, 2.05) is 0 Å². The number of nitrogens with zero attached hydrogens (tertiary/aromatic N) is 1. The lowest BCUT2D eigenvalue weighted by molar-refractivity contribution is -0.149. The summed E-state index contributed by atoms with van der Waals surface area (Å²) in [5, 5.41) is -0.0835. The molecule has 0 bridgehead atoms. The highest BCUT2D eigenvalue weighted by molar-refractivity contribution is 6.31. The predicted molar refractivity (Wildman–Crippen MR) is 76.7 cm³/mol. The largest absolute Gasteiger partial charge is 0.466 e. The molecule has 2 rings (SSSR count). The molecular weight excluding hydrogens is 297 g/mol. The van der Waals surface area contributed by atoms with Crippen molar-refractivity contribution in [3.8, 4) is 0 Å². The average Bonchev–Trinajstić information content (AvgIpc) is 2.49. The molecule has 0 spiro atoms. The molecule has 0 aromatic heterocycles. The van der Waals surface area contributed by atoms with Crippen LogP contribution in [0.5, 0.6) is 0 Å². The molecule has 1 aromatic carbocycles. The van der Waals surface area contributed by atoms with E-state index in [1.165, 1.54) is 18.2 Å². The van der Waals surface area contributed by atoms with Gasteiger partial charge in [-0.25, -0.2) is 4.39 Å². The number of halogens is 2. The molecule has 1 aromatic rings. The normalized spacial score (nSPS) is 18.4. The van der Waals surface area contributed by atoms with Gasteiger partial charge in [0.15, 0.2) is 0 Å². The van der Waals surface area contributed by atoms with Crippen molar-refractivity contribution in [2.24, 2.45) is 5.92 Å². The molecule has 1 amide bonds. The van der Waals surface area contributed by atoms with Gasteiger partial charge in [-0.15, -0.1) is 0 Å². The van der Waals surface area contributed by atoms with Gasteiger partial charge in [0.25, 0.3) is 5.91 Å². The Hall–Kier alpha value is -1.62. The molecule has 21 heavy (non-hydrogen) atoms. The van der Waals surface area contributed by atoms with Gasteiger partial charge in [0.05, 0.1) is 17.5 Å². The fourth-order valence-corrected chi connectivity index (χ4v) is 2.61. The lowest BCUT2D eigenvalue weighted by Gasteiger charge is -2.31. The van der Waals surface area contributed by atoms with Crippen LogP contribution in [-0.4, -0.2) is 36.5 Å². The summed E-state index contributed by atoms with van der Waals surface area (Å²) in [6.45, 7) is 2.98. The lowest BCUT2D eigenvalue weighted by atomic mass is 9.97. The number of benzene rings is 1. The van der Waals surface area contributed by atoms with E-state index >= 15 is 0 Å². The molecule has 1 aliphatic heterocycles. The first-order valence-corrected chi connectivity index (χ1v) is 7.31. The van der Waals surface area contributed by atoms with Gasteiger partial charge < -0.3 is 9.64 Å².